The van der Waals surface area contributed by atoms with Gasteiger partial charge >= 0.3 is 0 Å². The lowest BCUT2D eigenvalue weighted by Gasteiger charge is -2.01. The summed E-state index contributed by atoms with van der Waals surface area (Å²) in [6, 6.07) is 4.18. The summed E-state index contributed by atoms with van der Waals surface area (Å²) in [6.07, 6.45) is 1.33. The minimum absolute atomic E-state index is 0. The predicted molar refractivity (Wildman–Crippen MR) is 74.7 cm³/mol. The molecule has 0 saturated heterocycles. The van der Waals surface area contributed by atoms with Crippen LogP contribution in [-0.2, 0) is 11.2 Å². The zero-order chi connectivity index (χ0) is 10.4. The summed E-state index contributed by atoms with van der Waals surface area (Å²) in [6.45, 7) is 1.12. The molecule has 0 aliphatic carbocycles. The van der Waals surface area contributed by atoms with Crippen LogP contribution in [0.5, 0.6) is 0 Å². The van der Waals surface area contributed by atoms with E-state index in [0.29, 0.717) is 19.5 Å². The van der Waals surface area contributed by atoms with Crippen LogP contribution in [0.15, 0.2) is 12.1 Å². The molecule has 0 aliphatic heterocycles. The van der Waals surface area contributed by atoms with Gasteiger partial charge in [-0.2, -0.15) is 0 Å². The van der Waals surface area contributed by atoms with Gasteiger partial charge in [0.1, 0.15) is 0 Å². The third kappa shape index (κ3) is 6.34. The maximum Gasteiger partial charge on any atom is 0.221 e. The normalized spacial score (nSPS) is 9.47. The van der Waals surface area contributed by atoms with E-state index in [1.165, 1.54) is 7.76 Å². The van der Waals surface area contributed by atoms with E-state index >= 15 is 0 Å². The van der Waals surface area contributed by atoms with Gasteiger partial charge in [-0.15, -0.1) is 23.7 Å². The number of thiophene rings is 1. The highest BCUT2D eigenvalue weighted by Crippen LogP contribution is 2.18. The molecule has 6 heteroatoms. The highest BCUT2D eigenvalue weighted by atomic mass is 127. The minimum atomic E-state index is 0. The zero-order valence-electron chi connectivity index (χ0n) is 8.16. The van der Waals surface area contributed by atoms with E-state index in [2.05, 4.69) is 40.0 Å². The molecular weight excluding hydrogens is 347 g/mol. The van der Waals surface area contributed by atoms with Crippen LogP contribution in [0.4, 0.5) is 0 Å². The van der Waals surface area contributed by atoms with Gasteiger partial charge in [-0.05, 0) is 41.1 Å². The van der Waals surface area contributed by atoms with Gasteiger partial charge in [0.2, 0.25) is 5.91 Å². The third-order valence-electron chi connectivity index (χ3n) is 1.69. The Morgan fingerprint density at radius 3 is 2.80 bits per heavy atom. The topological polar surface area (TPSA) is 55.1 Å². The molecule has 0 aliphatic rings. The number of halogens is 2. The number of hydrogen-bond acceptors (Lipinski definition) is 3. The van der Waals surface area contributed by atoms with E-state index in [-0.39, 0.29) is 18.3 Å². The van der Waals surface area contributed by atoms with Crippen molar-refractivity contribution in [3.63, 3.8) is 0 Å². The van der Waals surface area contributed by atoms with E-state index in [0.717, 1.165) is 6.42 Å². The van der Waals surface area contributed by atoms with Gasteiger partial charge in [0.05, 0.1) is 2.88 Å². The third-order valence-corrected chi connectivity index (χ3v) is 3.65. The molecule has 0 atom stereocenters. The molecule has 0 spiro atoms. The molecule has 1 aromatic rings. The first-order chi connectivity index (χ1) is 6.72. The van der Waals surface area contributed by atoms with Gasteiger partial charge in [-0.1, -0.05) is 0 Å². The Labute approximate surface area is 113 Å². The summed E-state index contributed by atoms with van der Waals surface area (Å²) < 4.78 is 1.28. The number of nitrogens with two attached hydrogens (primary N) is 1. The maximum atomic E-state index is 11.0. The molecular formula is C9H14ClIN2OS. The highest BCUT2D eigenvalue weighted by Gasteiger charge is 2.00. The van der Waals surface area contributed by atoms with Crippen LogP contribution >= 0.6 is 46.3 Å². The second-order valence-corrected chi connectivity index (χ2v) is 5.91. The zero-order valence-corrected chi connectivity index (χ0v) is 12.0. The summed E-state index contributed by atoms with van der Waals surface area (Å²) in [5.74, 6) is 0.0405. The van der Waals surface area contributed by atoms with Crippen molar-refractivity contribution in [3.05, 3.63) is 19.9 Å². The van der Waals surface area contributed by atoms with Crippen LogP contribution < -0.4 is 11.1 Å². The highest BCUT2D eigenvalue weighted by molar-refractivity contribution is 14.1. The van der Waals surface area contributed by atoms with Crippen LogP contribution in [0, 0.1) is 2.88 Å². The Morgan fingerprint density at radius 2 is 2.27 bits per heavy atom. The summed E-state index contributed by atoms with van der Waals surface area (Å²) >= 11 is 4.06. The molecule has 3 nitrogen and oxygen atoms in total. The Balaban J connectivity index is 0.00000196. The van der Waals surface area contributed by atoms with Crippen LogP contribution in [0.2, 0.25) is 0 Å². The molecule has 1 aromatic heterocycles. The van der Waals surface area contributed by atoms with Crippen molar-refractivity contribution < 1.29 is 4.79 Å². The molecule has 0 fully saturated rings. The van der Waals surface area contributed by atoms with Crippen molar-refractivity contribution in [2.24, 2.45) is 5.73 Å². The maximum absolute atomic E-state index is 11.0. The minimum Gasteiger partial charge on any atom is -0.356 e. The van der Waals surface area contributed by atoms with E-state index in [1.807, 2.05) is 0 Å². The molecule has 1 rings (SSSR count). The van der Waals surface area contributed by atoms with Crippen LogP contribution in [0.1, 0.15) is 11.3 Å². The lowest BCUT2D eigenvalue weighted by molar-refractivity contribution is -0.120. The Hall–Kier alpha value is 0.150. The fourth-order valence-corrected chi connectivity index (χ4v) is 2.79. The Morgan fingerprint density at radius 1 is 1.53 bits per heavy atom. The number of carbonyl (C=O) groups is 1. The first kappa shape index (κ1) is 15.2. The van der Waals surface area contributed by atoms with Gasteiger partial charge in [0.15, 0.2) is 0 Å². The number of hydrogen-bond donors (Lipinski definition) is 2. The molecule has 3 N–H and O–H groups in total. The van der Waals surface area contributed by atoms with Crippen molar-refractivity contribution in [1.29, 1.82) is 0 Å². The Kier molecular flexibility index (Phi) is 8.40. The van der Waals surface area contributed by atoms with Crippen molar-refractivity contribution in [2.45, 2.75) is 12.8 Å². The van der Waals surface area contributed by atoms with E-state index in [9.17, 15) is 4.79 Å². The van der Waals surface area contributed by atoms with Gasteiger partial charge < -0.3 is 11.1 Å². The lowest BCUT2D eigenvalue weighted by atomic mass is 10.3. The largest absolute Gasteiger partial charge is 0.356 e. The van der Waals surface area contributed by atoms with E-state index in [1.54, 1.807) is 11.3 Å². The summed E-state index contributed by atoms with van der Waals surface area (Å²) in [7, 11) is 0. The second kappa shape index (κ2) is 8.32. The molecule has 15 heavy (non-hydrogen) atoms. The smallest absolute Gasteiger partial charge is 0.221 e. The van der Waals surface area contributed by atoms with Gasteiger partial charge in [-0.25, -0.2) is 0 Å². The molecule has 0 aromatic carbocycles. The fourth-order valence-electron chi connectivity index (χ4n) is 1.03. The van der Waals surface area contributed by atoms with Crippen molar-refractivity contribution in [2.75, 3.05) is 13.1 Å². The average Bonchev–Trinajstić information content (AvgIpc) is 2.52. The standard InChI is InChI=1S/C9H13IN2OS.ClH/c10-8-2-1-7(14-8)4-6-12-9(13)3-5-11;/h1-2H,3-6,11H2,(H,12,13);1H. The van der Waals surface area contributed by atoms with Crippen molar-refractivity contribution >= 4 is 52.2 Å². The Bertz CT molecular complexity index is 306. The van der Waals surface area contributed by atoms with Crippen LogP contribution in [0.3, 0.4) is 0 Å². The number of amides is 1. The summed E-state index contributed by atoms with van der Waals surface area (Å²) in [5, 5.41) is 2.83. The van der Waals surface area contributed by atoms with Gasteiger partial charge in [-0.3, -0.25) is 4.79 Å². The van der Waals surface area contributed by atoms with Crippen molar-refractivity contribution in [1.82, 2.24) is 5.32 Å². The molecule has 86 valence electrons. The molecule has 0 unspecified atom stereocenters. The SMILES string of the molecule is Cl.NCCC(=O)NCCc1ccc(I)s1. The number of rotatable bonds is 5. The molecule has 1 amide bonds. The fraction of sp³-hybridized carbons (Fsp3) is 0.444. The lowest BCUT2D eigenvalue weighted by Crippen LogP contribution is -2.27. The first-order valence-electron chi connectivity index (χ1n) is 4.43. The number of carbonyl (C=O) groups excluding carboxylic acids is 1. The van der Waals surface area contributed by atoms with Gasteiger partial charge in [0, 0.05) is 24.4 Å². The number of nitrogens with one attached hydrogen (secondary N) is 1. The van der Waals surface area contributed by atoms with Crippen LogP contribution in [0.25, 0.3) is 0 Å². The summed E-state index contributed by atoms with van der Waals surface area (Å²) in [4.78, 5) is 12.4. The average molecular weight is 361 g/mol. The monoisotopic (exact) mass is 360 g/mol. The summed E-state index contributed by atoms with van der Waals surface area (Å²) in [5.41, 5.74) is 5.26. The van der Waals surface area contributed by atoms with Gasteiger partial charge in [0.25, 0.3) is 0 Å². The van der Waals surface area contributed by atoms with Crippen molar-refractivity contribution in [3.8, 4) is 0 Å². The molecule has 0 bridgehead atoms. The molecule has 0 saturated carbocycles. The predicted octanol–water partition coefficient (Wildman–Crippen LogP) is 1.78. The quantitative estimate of drug-likeness (QED) is 0.787. The van der Waals surface area contributed by atoms with E-state index in [4.69, 9.17) is 5.73 Å². The molecule has 0 radical (unpaired) electrons. The van der Waals surface area contributed by atoms with E-state index < -0.39 is 0 Å². The molecule has 1 heterocycles. The van der Waals surface area contributed by atoms with Crippen LogP contribution in [-0.4, -0.2) is 19.0 Å². The first-order valence-corrected chi connectivity index (χ1v) is 6.33. The second-order valence-electron chi connectivity index (χ2n) is 2.84.